The van der Waals surface area contributed by atoms with Crippen molar-refractivity contribution < 1.29 is 38.2 Å². The summed E-state index contributed by atoms with van der Waals surface area (Å²) in [6.07, 6.45) is 33.7. The average molecular weight is 695 g/mol. The van der Waals surface area contributed by atoms with E-state index in [2.05, 4.69) is 38.2 Å². The Hall–Kier alpha value is -2.19. The zero-order chi connectivity index (χ0) is 36.4. The van der Waals surface area contributed by atoms with Gasteiger partial charge in [0.15, 0.2) is 12.1 Å². The zero-order valence-corrected chi connectivity index (χ0v) is 32.4. The number of unbranched alkanes of at least 4 members (excludes halogenated alkanes) is 18. The number of allylic oxidation sites excluding steroid dienone is 4. The van der Waals surface area contributed by atoms with E-state index >= 15 is 0 Å². The minimum atomic E-state index is -0.878. The molecule has 0 heterocycles. The molecule has 0 aliphatic heterocycles. The molecule has 0 spiro atoms. The van der Waals surface area contributed by atoms with Crippen molar-refractivity contribution in [2.24, 2.45) is 0 Å². The Morgan fingerprint density at radius 3 is 1.53 bits per heavy atom. The molecule has 286 valence electrons. The van der Waals surface area contributed by atoms with Gasteiger partial charge in [0.2, 0.25) is 0 Å². The quantitative estimate of drug-likeness (QED) is 0.0305. The van der Waals surface area contributed by atoms with Gasteiger partial charge in [0, 0.05) is 19.3 Å². The second-order valence-electron chi connectivity index (χ2n) is 14.6. The maximum absolute atomic E-state index is 12.6. The Balaban J connectivity index is 4.34. The third-order valence-corrected chi connectivity index (χ3v) is 8.88. The van der Waals surface area contributed by atoms with Crippen LogP contribution in [0.25, 0.3) is 0 Å². The van der Waals surface area contributed by atoms with Crippen LogP contribution in [0.4, 0.5) is 0 Å². The molecule has 0 saturated heterocycles. The fourth-order valence-electron chi connectivity index (χ4n) is 5.73. The summed E-state index contributed by atoms with van der Waals surface area (Å²) in [4.78, 5) is 36.7. The van der Waals surface area contributed by atoms with Crippen molar-refractivity contribution in [3.8, 4) is 0 Å². The van der Waals surface area contributed by atoms with Gasteiger partial charge in [-0.2, -0.15) is 0 Å². The molecule has 0 aliphatic rings. The van der Waals surface area contributed by atoms with Crippen LogP contribution in [0.5, 0.6) is 0 Å². The third-order valence-electron chi connectivity index (χ3n) is 8.88. The number of carboxylic acid groups (broad SMARTS) is 1. The van der Waals surface area contributed by atoms with Gasteiger partial charge in [0.05, 0.1) is 34.4 Å². The van der Waals surface area contributed by atoms with Crippen LogP contribution in [0.3, 0.4) is 0 Å². The van der Waals surface area contributed by atoms with Gasteiger partial charge in [-0.05, 0) is 38.5 Å². The molecule has 8 nitrogen and oxygen atoms in total. The van der Waals surface area contributed by atoms with E-state index in [0.717, 1.165) is 57.8 Å². The Morgan fingerprint density at radius 1 is 0.612 bits per heavy atom. The van der Waals surface area contributed by atoms with Gasteiger partial charge in [-0.1, -0.05) is 134 Å². The number of carboxylic acids is 1. The van der Waals surface area contributed by atoms with E-state index in [9.17, 15) is 19.5 Å². The topological polar surface area (TPSA) is 99.1 Å². The van der Waals surface area contributed by atoms with Crippen LogP contribution in [0, 0.1) is 0 Å². The maximum atomic E-state index is 12.6. The molecule has 1 N–H and O–H groups in total. The minimum absolute atomic E-state index is 0.0550. The highest BCUT2D eigenvalue weighted by molar-refractivity contribution is 5.72. The molecule has 0 saturated carbocycles. The summed E-state index contributed by atoms with van der Waals surface area (Å²) in [5, 5.41) is 9.57. The van der Waals surface area contributed by atoms with Crippen molar-refractivity contribution in [2.45, 2.75) is 180 Å². The predicted octanol–water partition coefficient (Wildman–Crippen LogP) is 10.1. The molecule has 0 radical (unpaired) electrons. The molecule has 0 aromatic heterocycles. The van der Waals surface area contributed by atoms with Crippen LogP contribution in [-0.2, 0) is 28.6 Å². The second-order valence-corrected chi connectivity index (χ2v) is 14.6. The lowest BCUT2D eigenvalue weighted by Gasteiger charge is -2.31. The largest absolute Gasteiger partial charge is 0.477 e. The summed E-state index contributed by atoms with van der Waals surface area (Å²) in [7, 11) is 5.51. The number of carbonyl (C=O) groups is 3. The van der Waals surface area contributed by atoms with E-state index < -0.39 is 18.1 Å². The van der Waals surface area contributed by atoms with Crippen LogP contribution < -0.4 is 0 Å². The Morgan fingerprint density at radius 2 is 1.06 bits per heavy atom. The second kappa shape index (κ2) is 33.0. The maximum Gasteiger partial charge on any atom is 0.362 e. The van der Waals surface area contributed by atoms with Crippen molar-refractivity contribution in [3.63, 3.8) is 0 Å². The van der Waals surface area contributed by atoms with E-state index in [1.165, 1.54) is 77.0 Å². The molecule has 2 atom stereocenters. The fourth-order valence-corrected chi connectivity index (χ4v) is 5.73. The number of aliphatic carboxylic acids is 1. The fraction of sp³-hybridized carbons (Fsp3) is 0.829. The molecule has 49 heavy (non-hydrogen) atoms. The van der Waals surface area contributed by atoms with Crippen LogP contribution in [0.15, 0.2) is 24.3 Å². The summed E-state index contributed by atoms with van der Waals surface area (Å²) < 4.78 is 17.1. The van der Waals surface area contributed by atoms with Crippen LogP contribution in [0.1, 0.15) is 168 Å². The van der Waals surface area contributed by atoms with Crippen LogP contribution >= 0.6 is 0 Å². The number of ether oxygens (including phenoxy) is 3. The molecule has 2 unspecified atom stereocenters. The van der Waals surface area contributed by atoms with E-state index in [1.54, 1.807) is 0 Å². The summed E-state index contributed by atoms with van der Waals surface area (Å²) in [5.74, 6) is -1.49. The van der Waals surface area contributed by atoms with Crippen LogP contribution in [0.2, 0.25) is 0 Å². The molecule has 0 bridgehead atoms. The Kier molecular flexibility index (Phi) is 31.5. The highest BCUT2D eigenvalue weighted by Gasteiger charge is 2.31. The molecular weight excluding hydrogens is 618 g/mol. The van der Waals surface area contributed by atoms with Gasteiger partial charge < -0.3 is 23.8 Å². The first-order valence-corrected chi connectivity index (χ1v) is 19.9. The van der Waals surface area contributed by atoms with E-state index in [4.69, 9.17) is 14.2 Å². The zero-order valence-electron chi connectivity index (χ0n) is 32.4. The number of likely N-dealkylation sites (N-methyl/N-ethyl adjacent to an activating group) is 1. The average Bonchev–Trinajstić information content (AvgIpc) is 3.05. The summed E-state index contributed by atoms with van der Waals surface area (Å²) in [5.41, 5.74) is 0. The number of quaternary nitrogens is 1. The third kappa shape index (κ3) is 31.5. The van der Waals surface area contributed by atoms with E-state index in [0.29, 0.717) is 19.3 Å². The number of carbonyl (C=O) groups excluding carboxylic acids is 2. The SMILES string of the molecule is CCCCCCCCC/C=C/C=C/CCCCCCCC(=O)OC(COCCC(C(=O)O)[N+](C)(C)C)COC(=O)CCCCCCCCC. The van der Waals surface area contributed by atoms with Crippen molar-refractivity contribution in [2.75, 3.05) is 41.0 Å². The van der Waals surface area contributed by atoms with E-state index in [-0.39, 0.29) is 36.2 Å². The van der Waals surface area contributed by atoms with Gasteiger partial charge in [0.25, 0.3) is 0 Å². The molecule has 0 aromatic carbocycles. The number of esters is 2. The van der Waals surface area contributed by atoms with Gasteiger partial charge in [-0.25, -0.2) is 4.79 Å². The lowest BCUT2D eigenvalue weighted by atomic mass is 10.1. The van der Waals surface area contributed by atoms with Crippen molar-refractivity contribution >= 4 is 17.9 Å². The normalized spacial score (nSPS) is 13.2. The predicted molar refractivity (Wildman–Crippen MR) is 202 cm³/mol. The van der Waals surface area contributed by atoms with Gasteiger partial charge >= 0.3 is 17.9 Å². The van der Waals surface area contributed by atoms with Crippen LogP contribution in [-0.4, -0.2) is 80.6 Å². The number of hydrogen-bond acceptors (Lipinski definition) is 6. The van der Waals surface area contributed by atoms with Crippen molar-refractivity contribution in [3.05, 3.63) is 24.3 Å². The highest BCUT2D eigenvalue weighted by Crippen LogP contribution is 2.13. The smallest absolute Gasteiger partial charge is 0.362 e. The Labute approximate surface area is 301 Å². The molecule has 0 aliphatic carbocycles. The molecule has 0 fully saturated rings. The van der Waals surface area contributed by atoms with Gasteiger partial charge in [-0.3, -0.25) is 9.59 Å². The summed E-state index contributed by atoms with van der Waals surface area (Å²) in [6.45, 7) is 4.66. The number of nitrogens with zero attached hydrogens (tertiary/aromatic N) is 1. The lowest BCUT2D eigenvalue weighted by Crippen LogP contribution is -2.50. The summed E-state index contributed by atoms with van der Waals surface area (Å²) in [6, 6.07) is -0.613. The first-order valence-electron chi connectivity index (χ1n) is 19.9. The molecular formula is C41H76NO7+. The van der Waals surface area contributed by atoms with Gasteiger partial charge in [-0.15, -0.1) is 0 Å². The molecule has 0 aromatic rings. The monoisotopic (exact) mass is 695 g/mol. The summed E-state index contributed by atoms with van der Waals surface area (Å²) >= 11 is 0. The standard InChI is InChI=1S/C41H75NO7/c1-6-8-10-12-14-15-16-17-18-19-20-21-22-23-24-26-28-30-32-40(44)49-37(35-47-34-33-38(41(45)46)42(3,4)5)36-48-39(43)31-29-27-25-13-11-9-7-2/h18-21,37-38H,6-17,22-36H2,1-5H3/p+1/b19-18+,21-20+. The molecule has 0 rings (SSSR count). The molecule has 8 heteroatoms. The van der Waals surface area contributed by atoms with Crippen molar-refractivity contribution in [1.82, 2.24) is 0 Å². The van der Waals surface area contributed by atoms with Crippen molar-refractivity contribution in [1.29, 1.82) is 0 Å². The first kappa shape index (κ1) is 46.8. The van der Waals surface area contributed by atoms with E-state index in [1.807, 2.05) is 21.1 Å². The van der Waals surface area contributed by atoms with Gasteiger partial charge in [0.1, 0.15) is 6.61 Å². The minimum Gasteiger partial charge on any atom is -0.477 e. The Bertz CT molecular complexity index is 864. The molecule has 0 amide bonds. The first-order chi connectivity index (χ1) is 23.6. The number of rotatable bonds is 35. The number of hydrogen-bond donors (Lipinski definition) is 1. The lowest BCUT2D eigenvalue weighted by molar-refractivity contribution is -0.887. The highest BCUT2D eigenvalue weighted by atomic mass is 16.6.